The number of rotatable bonds is 4. The van der Waals surface area contributed by atoms with Crippen LogP contribution in [0.1, 0.15) is 18.1 Å². The molecule has 0 aliphatic carbocycles. The molecule has 2 rings (SSSR count). The predicted molar refractivity (Wildman–Crippen MR) is 82.3 cm³/mol. The van der Waals surface area contributed by atoms with Crippen molar-refractivity contribution < 1.29 is 9.53 Å². The van der Waals surface area contributed by atoms with Gasteiger partial charge in [0.05, 0.1) is 0 Å². The minimum atomic E-state index is -0.405. The summed E-state index contributed by atoms with van der Waals surface area (Å²) in [5.74, 6) is 0.118. The largest absolute Gasteiger partial charge is 0.423 e. The third-order valence-corrected chi connectivity index (χ3v) is 2.71. The van der Waals surface area contributed by atoms with E-state index in [2.05, 4.69) is 6.58 Å². The van der Waals surface area contributed by atoms with E-state index in [9.17, 15) is 4.79 Å². The van der Waals surface area contributed by atoms with Gasteiger partial charge in [-0.25, -0.2) is 4.79 Å². The van der Waals surface area contributed by atoms with Crippen LogP contribution in [0.4, 0.5) is 0 Å². The molecule has 2 aromatic rings. The van der Waals surface area contributed by atoms with Gasteiger partial charge in [0.25, 0.3) is 0 Å². The van der Waals surface area contributed by atoms with Crippen molar-refractivity contribution in [3.63, 3.8) is 0 Å². The first-order valence-corrected chi connectivity index (χ1v) is 6.36. The Kier molecular flexibility index (Phi) is 4.51. The van der Waals surface area contributed by atoms with E-state index in [0.717, 1.165) is 11.1 Å². The Morgan fingerprint density at radius 1 is 0.950 bits per heavy atom. The zero-order chi connectivity index (χ0) is 14.4. The lowest BCUT2D eigenvalue weighted by Gasteiger charge is -2.03. The molecule has 20 heavy (non-hydrogen) atoms. The average Bonchev–Trinajstić information content (AvgIpc) is 2.47. The fourth-order valence-electron chi connectivity index (χ4n) is 1.60. The Bertz CT molecular complexity index is 622. The summed E-state index contributed by atoms with van der Waals surface area (Å²) < 4.78 is 5.13. The minimum Gasteiger partial charge on any atom is -0.423 e. The zero-order valence-corrected chi connectivity index (χ0v) is 11.4. The highest BCUT2D eigenvalue weighted by atomic mass is 16.5. The highest BCUT2D eigenvalue weighted by Crippen LogP contribution is 2.15. The molecule has 2 aromatic carbocycles. The van der Waals surface area contributed by atoms with Gasteiger partial charge < -0.3 is 4.74 Å². The molecule has 2 nitrogen and oxygen atoms in total. The van der Waals surface area contributed by atoms with Gasteiger partial charge in [0, 0.05) is 5.57 Å². The molecule has 0 bridgehead atoms. The van der Waals surface area contributed by atoms with E-state index in [1.54, 1.807) is 19.1 Å². The van der Waals surface area contributed by atoms with E-state index >= 15 is 0 Å². The molecule has 0 unspecified atom stereocenters. The normalized spacial score (nSPS) is 10.4. The van der Waals surface area contributed by atoms with Crippen LogP contribution in [0, 0.1) is 0 Å². The van der Waals surface area contributed by atoms with Crippen molar-refractivity contribution in [2.75, 3.05) is 0 Å². The van der Waals surface area contributed by atoms with Crippen LogP contribution in [0.3, 0.4) is 0 Å². The molecule has 0 fully saturated rings. The summed E-state index contributed by atoms with van der Waals surface area (Å²) >= 11 is 0. The number of esters is 1. The number of hydrogen-bond donors (Lipinski definition) is 0. The maximum absolute atomic E-state index is 11.4. The number of hydrogen-bond acceptors (Lipinski definition) is 2. The smallest absolute Gasteiger partial charge is 0.338 e. The topological polar surface area (TPSA) is 26.3 Å². The standard InChI is InChI=1S/C18H16O2/c1-14(2)18(19)20-17-12-10-16(11-13-17)9-8-15-6-4-3-5-7-15/h3-13H,1H2,2H3/b9-8+. The van der Waals surface area contributed by atoms with Gasteiger partial charge in [0.2, 0.25) is 0 Å². The van der Waals surface area contributed by atoms with Gasteiger partial charge in [-0.05, 0) is 30.2 Å². The molecule has 0 aromatic heterocycles. The number of benzene rings is 2. The summed E-state index contributed by atoms with van der Waals surface area (Å²) in [5.41, 5.74) is 2.58. The van der Waals surface area contributed by atoms with Crippen LogP contribution in [0.5, 0.6) is 5.75 Å². The van der Waals surface area contributed by atoms with Crippen LogP contribution in [0.15, 0.2) is 66.7 Å². The van der Waals surface area contributed by atoms with Crippen LogP contribution in [-0.2, 0) is 4.79 Å². The first kappa shape index (κ1) is 13.8. The summed E-state index contributed by atoms with van der Waals surface area (Å²) in [4.78, 5) is 11.4. The second-order valence-corrected chi connectivity index (χ2v) is 4.48. The van der Waals surface area contributed by atoms with E-state index in [0.29, 0.717) is 11.3 Å². The lowest BCUT2D eigenvalue weighted by Crippen LogP contribution is -2.07. The molecule has 100 valence electrons. The van der Waals surface area contributed by atoms with Crippen LogP contribution in [0.2, 0.25) is 0 Å². The van der Waals surface area contributed by atoms with Gasteiger partial charge >= 0.3 is 5.97 Å². The van der Waals surface area contributed by atoms with E-state index < -0.39 is 5.97 Å². The third kappa shape index (κ3) is 3.95. The molecule has 0 saturated carbocycles. The Balaban J connectivity index is 2.03. The van der Waals surface area contributed by atoms with E-state index in [4.69, 9.17) is 4.74 Å². The van der Waals surface area contributed by atoms with Gasteiger partial charge in [0.1, 0.15) is 5.75 Å². The molecule has 0 amide bonds. The van der Waals surface area contributed by atoms with Gasteiger partial charge in [-0.3, -0.25) is 0 Å². The molecule has 0 radical (unpaired) electrons. The molecule has 2 heteroatoms. The number of carbonyl (C=O) groups is 1. The minimum absolute atomic E-state index is 0.387. The fraction of sp³-hybridized carbons (Fsp3) is 0.0556. The SMILES string of the molecule is C=C(C)C(=O)Oc1ccc(/C=C/c2ccccc2)cc1. The molecular weight excluding hydrogens is 248 g/mol. The Morgan fingerprint density at radius 3 is 2.05 bits per heavy atom. The predicted octanol–water partition coefficient (Wildman–Crippen LogP) is 4.34. The second kappa shape index (κ2) is 6.53. The molecular formula is C18H16O2. The molecule has 0 N–H and O–H groups in total. The van der Waals surface area contributed by atoms with Gasteiger partial charge in [0.15, 0.2) is 0 Å². The first-order valence-electron chi connectivity index (χ1n) is 6.36. The fourth-order valence-corrected chi connectivity index (χ4v) is 1.60. The average molecular weight is 264 g/mol. The Morgan fingerprint density at radius 2 is 1.50 bits per heavy atom. The summed E-state index contributed by atoms with van der Waals surface area (Å²) in [5, 5.41) is 0. The van der Waals surface area contributed by atoms with Gasteiger partial charge in [-0.1, -0.05) is 61.2 Å². The van der Waals surface area contributed by atoms with E-state index in [1.807, 2.05) is 54.6 Å². The molecule has 0 saturated heterocycles. The van der Waals surface area contributed by atoms with Crippen molar-refractivity contribution in [2.45, 2.75) is 6.92 Å². The van der Waals surface area contributed by atoms with E-state index in [1.165, 1.54) is 0 Å². The summed E-state index contributed by atoms with van der Waals surface area (Å²) in [6, 6.07) is 17.4. The third-order valence-electron chi connectivity index (χ3n) is 2.71. The van der Waals surface area contributed by atoms with E-state index in [-0.39, 0.29) is 0 Å². The highest BCUT2D eigenvalue weighted by molar-refractivity contribution is 5.88. The van der Waals surface area contributed by atoms with Crippen LogP contribution in [0.25, 0.3) is 12.2 Å². The molecule has 0 atom stereocenters. The van der Waals surface area contributed by atoms with Crippen molar-refractivity contribution in [1.29, 1.82) is 0 Å². The maximum atomic E-state index is 11.4. The molecule has 0 aliphatic heterocycles. The lowest BCUT2D eigenvalue weighted by molar-refractivity contribution is -0.130. The van der Waals surface area contributed by atoms with Crippen molar-refractivity contribution in [3.8, 4) is 5.75 Å². The Labute approximate surface area is 119 Å². The van der Waals surface area contributed by atoms with Crippen LogP contribution >= 0.6 is 0 Å². The van der Waals surface area contributed by atoms with Gasteiger partial charge in [-0.2, -0.15) is 0 Å². The summed E-state index contributed by atoms with van der Waals surface area (Å²) in [6.07, 6.45) is 4.05. The van der Waals surface area contributed by atoms with Crippen molar-refractivity contribution in [3.05, 3.63) is 77.9 Å². The molecule has 0 spiro atoms. The zero-order valence-electron chi connectivity index (χ0n) is 11.4. The van der Waals surface area contributed by atoms with Crippen LogP contribution < -0.4 is 4.74 Å². The maximum Gasteiger partial charge on any atom is 0.338 e. The van der Waals surface area contributed by atoms with Crippen molar-refractivity contribution in [1.82, 2.24) is 0 Å². The summed E-state index contributed by atoms with van der Waals surface area (Å²) in [6.45, 7) is 5.17. The number of ether oxygens (including phenoxy) is 1. The lowest BCUT2D eigenvalue weighted by atomic mass is 10.1. The van der Waals surface area contributed by atoms with Crippen LogP contribution in [-0.4, -0.2) is 5.97 Å². The van der Waals surface area contributed by atoms with Crippen molar-refractivity contribution >= 4 is 18.1 Å². The van der Waals surface area contributed by atoms with Crippen molar-refractivity contribution in [2.24, 2.45) is 0 Å². The quantitative estimate of drug-likeness (QED) is 0.355. The number of carbonyl (C=O) groups excluding carboxylic acids is 1. The second-order valence-electron chi connectivity index (χ2n) is 4.48. The van der Waals surface area contributed by atoms with Gasteiger partial charge in [-0.15, -0.1) is 0 Å². The monoisotopic (exact) mass is 264 g/mol. The highest BCUT2D eigenvalue weighted by Gasteiger charge is 2.04. The summed E-state index contributed by atoms with van der Waals surface area (Å²) in [7, 11) is 0. The Hall–Kier alpha value is -2.61. The molecule has 0 aliphatic rings. The molecule has 0 heterocycles. The first-order chi connectivity index (χ1) is 9.65.